The van der Waals surface area contributed by atoms with Crippen molar-refractivity contribution in [2.45, 2.75) is 21.1 Å². The van der Waals surface area contributed by atoms with Gasteiger partial charge in [0.1, 0.15) is 0 Å². The third-order valence-electron chi connectivity index (χ3n) is 2.79. The molecule has 2 rings (SSSR count). The predicted molar refractivity (Wildman–Crippen MR) is 81.5 cm³/mol. The summed E-state index contributed by atoms with van der Waals surface area (Å²) in [6.45, 7) is 0. The molecule has 6 heteroatoms. The Bertz CT molecular complexity index is 749. The predicted octanol–water partition coefficient (Wildman–Crippen LogP) is 2.87. The summed E-state index contributed by atoms with van der Waals surface area (Å²) in [5.41, 5.74) is 0.738. The molecular formula is C15H14O4S2. The van der Waals surface area contributed by atoms with E-state index in [0.29, 0.717) is 0 Å². The zero-order valence-electron chi connectivity index (χ0n) is 11.3. The number of rotatable bonds is 5. The summed E-state index contributed by atoms with van der Waals surface area (Å²) in [6, 6.07) is 13.8. The first-order valence-electron chi connectivity index (χ1n) is 6.14. The third kappa shape index (κ3) is 4.34. The Morgan fingerprint density at radius 1 is 1.10 bits per heavy atom. The topological polar surface area (TPSA) is 71.4 Å². The van der Waals surface area contributed by atoms with Crippen LogP contribution in [0.2, 0.25) is 0 Å². The summed E-state index contributed by atoms with van der Waals surface area (Å²) in [7, 11) is -3.20. The molecule has 0 saturated heterocycles. The quantitative estimate of drug-likeness (QED) is 0.916. The van der Waals surface area contributed by atoms with E-state index in [1.165, 1.54) is 11.8 Å². The van der Waals surface area contributed by atoms with Crippen molar-refractivity contribution >= 4 is 27.6 Å². The van der Waals surface area contributed by atoms with Gasteiger partial charge in [0.15, 0.2) is 9.84 Å². The Balaban J connectivity index is 2.24. The molecule has 0 spiro atoms. The van der Waals surface area contributed by atoms with Crippen LogP contribution in [-0.2, 0) is 21.1 Å². The monoisotopic (exact) mass is 322 g/mol. The van der Waals surface area contributed by atoms with Crippen LogP contribution in [0, 0.1) is 0 Å². The van der Waals surface area contributed by atoms with Crippen molar-refractivity contribution in [3.05, 3.63) is 54.1 Å². The Hall–Kier alpha value is -1.79. The van der Waals surface area contributed by atoms with Crippen molar-refractivity contribution in [1.29, 1.82) is 0 Å². The first-order valence-corrected chi connectivity index (χ1v) is 8.85. The smallest absolute Gasteiger partial charge is 0.307 e. The third-order valence-corrected chi connectivity index (χ3v) is 5.05. The van der Waals surface area contributed by atoms with Crippen LogP contribution in [0.4, 0.5) is 0 Å². The summed E-state index contributed by atoms with van der Waals surface area (Å²) in [6.07, 6.45) is 1.13. The lowest BCUT2D eigenvalue weighted by Gasteiger charge is -2.07. The number of hydrogen-bond acceptors (Lipinski definition) is 4. The van der Waals surface area contributed by atoms with Crippen molar-refractivity contribution in [2.75, 3.05) is 6.26 Å². The van der Waals surface area contributed by atoms with Gasteiger partial charge in [-0.1, -0.05) is 30.0 Å². The average molecular weight is 322 g/mol. The van der Waals surface area contributed by atoms with E-state index in [1.807, 2.05) is 12.1 Å². The lowest BCUT2D eigenvalue weighted by atomic mass is 10.1. The van der Waals surface area contributed by atoms with Gasteiger partial charge in [-0.2, -0.15) is 0 Å². The van der Waals surface area contributed by atoms with Gasteiger partial charge in [-0.05, 0) is 35.9 Å². The molecule has 0 radical (unpaired) electrons. The molecule has 110 valence electrons. The van der Waals surface area contributed by atoms with Crippen molar-refractivity contribution < 1.29 is 18.3 Å². The van der Waals surface area contributed by atoms with E-state index in [2.05, 4.69) is 0 Å². The molecule has 2 aromatic carbocycles. The fraction of sp³-hybridized carbons (Fsp3) is 0.133. The number of aliphatic carboxylic acids is 1. The summed E-state index contributed by atoms with van der Waals surface area (Å²) in [5, 5.41) is 8.91. The Kier molecular flexibility index (Phi) is 4.69. The van der Waals surface area contributed by atoms with Crippen LogP contribution in [0.3, 0.4) is 0 Å². The molecule has 0 fully saturated rings. The Labute approximate surface area is 127 Å². The van der Waals surface area contributed by atoms with Crippen LogP contribution < -0.4 is 0 Å². The Morgan fingerprint density at radius 2 is 1.71 bits per heavy atom. The van der Waals surface area contributed by atoms with E-state index in [1.54, 1.807) is 36.4 Å². The van der Waals surface area contributed by atoms with Gasteiger partial charge in [0, 0.05) is 16.0 Å². The minimum atomic E-state index is -3.20. The van der Waals surface area contributed by atoms with E-state index in [4.69, 9.17) is 5.11 Å². The first kappa shape index (κ1) is 15.6. The molecule has 0 aliphatic rings. The maximum absolute atomic E-state index is 11.4. The maximum atomic E-state index is 11.4. The van der Waals surface area contributed by atoms with Gasteiger partial charge >= 0.3 is 5.97 Å². The molecular weight excluding hydrogens is 308 g/mol. The van der Waals surface area contributed by atoms with E-state index < -0.39 is 15.8 Å². The molecule has 0 saturated carbocycles. The van der Waals surface area contributed by atoms with E-state index in [9.17, 15) is 13.2 Å². The SMILES string of the molecule is CS(=O)(=O)c1ccc(Sc2ccccc2CC(=O)O)cc1. The fourth-order valence-electron chi connectivity index (χ4n) is 1.79. The highest BCUT2D eigenvalue weighted by molar-refractivity contribution is 7.99. The van der Waals surface area contributed by atoms with Crippen molar-refractivity contribution in [3.8, 4) is 0 Å². The largest absolute Gasteiger partial charge is 0.481 e. The number of benzene rings is 2. The highest BCUT2D eigenvalue weighted by Crippen LogP contribution is 2.31. The lowest BCUT2D eigenvalue weighted by molar-refractivity contribution is -0.136. The molecule has 0 atom stereocenters. The highest BCUT2D eigenvalue weighted by Gasteiger charge is 2.09. The molecule has 2 aromatic rings. The normalized spacial score (nSPS) is 11.3. The summed E-state index contributed by atoms with van der Waals surface area (Å²) >= 11 is 1.42. The van der Waals surface area contributed by atoms with Crippen molar-refractivity contribution in [2.24, 2.45) is 0 Å². The molecule has 0 aliphatic carbocycles. The van der Waals surface area contributed by atoms with Crippen molar-refractivity contribution in [1.82, 2.24) is 0 Å². The molecule has 0 bridgehead atoms. The lowest BCUT2D eigenvalue weighted by Crippen LogP contribution is -2.01. The number of hydrogen-bond donors (Lipinski definition) is 1. The van der Waals surface area contributed by atoms with Crippen LogP contribution in [0.5, 0.6) is 0 Å². The molecule has 1 N–H and O–H groups in total. The van der Waals surface area contributed by atoms with Gasteiger partial charge < -0.3 is 5.11 Å². The molecule has 0 heterocycles. The van der Waals surface area contributed by atoms with E-state index >= 15 is 0 Å². The number of carbonyl (C=O) groups is 1. The summed E-state index contributed by atoms with van der Waals surface area (Å²) in [5.74, 6) is -0.879. The maximum Gasteiger partial charge on any atom is 0.307 e. The van der Waals surface area contributed by atoms with Crippen LogP contribution in [0.25, 0.3) is 0 Å². The van der Waals surface area contributed by atoms with Crippen LogP contribution >= 0.6 is 11.8 Å². The standard InChI is InChI=1S/C15H14O4S2/c1-21(18,19)13-8-6-12(7-9-13)20-14-5-3-2-4-11(14)10-15(16)17/h2-9H,10H2,1H3,(H,16,17). The molecule has 0 aliphatic heterocycles. The zero-order valence-corrected chi connectivity index (χ0v) is 12.9. The van der Waals surface area contributed by atoms with Crippen LogP contribution in [0.1, 0.15) is 5.56 Å². The second kappa shape index (κ2) is 6.32. The van der Waals surface area contributed by atoms with Gasteiger partial charge in [0.05, 0.1) is 11.3 Å². The number of carboxylic acids is 1. The molecule has 4 nitrogen and oxygen atoms in total. The van der Waals surface area contributed by atoms with Gasteiger partial charge in [-0.15, -0.1) is 0 Å². The first-order chi connectivity index (χ1) is 9.86. The van der Waals surface area contributed by atoms with Crippen molar-refractivity contribution in [3.63, 3.8) is 0 Å². The second-order valence-electron chi connectivity index (χ2n) is 4.52. The van der Waals surface area contributed by atoms with E-state index in [0.717, 1.165) is 21.6 Å². The summed E-state index contributed by atoms with van der Waals surface area (Å²) < 4.78 is 22.8. The molecule has 21 heavy (non-hydrogen) atoms. The van der Waals surface area contributed by atoms with E-state index in [-0.39, 0.29) is 11.3 Å². The zero-order chi connectivity index (χ0) is 15.5. The minimum Gasteiger partial charge on any atom is -0.481 e. The Morgan fingerprint density at radius 3 is 2.29 bits per heavy atom. The fourth-order valence-corrected chi connectivity index (χ4v) is 3.37. The van der Waals surface area contributed by atoms with Gasteiger partial charge in [-0.25, -0.2) is 8.42 Å². The number of sulfone groups is 1. The minimum absolute atomic E-state index is 0.0371. The van der Waals surface area contributed by atoms with Gasteiger partial charge in [-0.3, -0.25) is 4.79 Å². The molecule has 0 aromatic heterocycles. The van der Waals surface area contributed by atoms with Crippen LogP contribution in [-0.4, -0.2) is 25.7 Å². The highest BCUT2D eigenvalue weighted by atomic mass is 32.2. The van der Waals surface area contributed by atoms with Gasteiger partial charge in [0.2, 0.25) is 0 Å². The summed E-state index contributed by atoms with van der Waals surface area (Å²) in [4.78, 5) is 12.8. The number of carboxylic acid groups (broad SMARTS) is 1. The molecule has 0 unspecified atom stereocenters. The molecule has 0 amide bonds. The van der Waals surface area contributed by atoms with Gasteiger partial charge in [0.25, 0.3) is 0 Å². The van der Waals surface area contributed by atoms with Crippen LogP contribution in [0.15, 0.2) is 63.2 Å². The average Bonchev–Trinajstić information content (AvgIpc) is 2.40. The second-order valence-corrected chi connectivity index (χ2v) is 7.65.